The fraction of sp³-hybridized carbons (Fsp3) is 0.857. The van der Waals surface area contributed by atoms with Crippen LogP contribution in [0.15, 0.2) is 11.6 Å². The molecule has 0 amide bonds. The molecule has 1 N–H and O–H groups in total. The van der Waals surface area contributed by atoms with E-state index in [4.69, 9.17) is 4.74 Å². The van der Waals surface area contributed by atoms with Gasteiger partial charge in [0.15, 0.2) is 5.79 Å². The summed E-state index contributed by atoms with van der Waals surface area (Å²) in [7, 11) is 0. The molecule has 4 aliphatic carbocycles. The van der Waals surface area contributed by atoms with Gasteiger partial charge in [-0.3, -0.25) is 4.79 Å². The first kappa shape index (κ1) is 15.6. The topological polar surface area (TPSA) is 46.5 Å². The zero-order chi connectivity index (χ0) is 16.7. The van der Waals surface area contributed by atoms with Crippen LogP contribution in [-0.2, 0) is 9.53 Å². The number of carbonyl (C=O) groups is 1. The highest BCUT2D eigenvalue weighted by Crippen LogP contribution is 2.68. The lowest BCUT2D eigenvalue weighted by molar-refractivity contribution is -0.180. The number of fused-ring (bicyclic) bond motifs is 4. The van der Waals surface area contributed by atoms with Crippen LogP contribution in [0, 0.1) is 34.5 Å². The predicted molar refractivity (Wildman–Crippen MR) is 91.1 cm³/mol. The van der Waals surface area contributed by atoms with E-state index in [0.29, 0.717) is 29.5 Å². The number of hydrogen-bond acceptors (Lipinski definition) is 3. The van der Waals surface area contributed by atoms with Gasteiger partial charge in [-0.2, -0.15) is 0 Å². The van der Waals surface area contributed by atoms with E-state index in [9.17, 15) is 9.90 Å². The highest BCUT2D eigenvalue weighted by molar-refractivity contribution is 5.80. The average Bonchev–Trinajstić information content (AvgIpc) is 3.04. The van der Waals surface area contributed by atoms with Gasteiger partial charge in [0.1, 0.15) is 5.78 Å². The van der Waals surface area contributed by atoms with Crippen LogP contribution in [-0.4, -0.2) is 23.3 Å². The molecule has 5 rings (SSSR count). The molecule has 0 unspecified atom stereocenters. The second-order valence-electron chi connectivity index (χ2n) is 9.72. The molecule has 132 valence electrons. The fourth-order valence-electron chi connectivity index (χ4n) is 7.59. The summed E-state index contributed by atoms with van der Waals surface area (Å²) in [6.45, 7) is 5.04. The molecule has 1 spiro atoms. The van der Waals surface area contributed by atoms with Crippen LogP contribution < -0.4 is 0 Å². The Kier molecular flexibility index (Phi) is 3.07. The molecule has 1 heterocycles. The third kappa shape index (κ3) is 1.78. The summed E-state index contributed by atoms with van der Waals surface area (Å²) in [6, 6.07) is 0. The van der Waals surface area contributed by atoms with Crippen molar-refractivity contribution in [3.8, 4) is 0 Å². The molecule has 4 fully saturated rings. The second kappa shape index (κ2) is 4.73. The van der Waals surface area contributed by atoms with Gasteiger partial charge in [-0.05, 0) is 68.6 Å². The molecule has 0 aromatic carbocycles. The first-order chi connectivity index (χ1) is 11.4. The van der Waals surface area contributed by atoms with E-state index >= 15 is 0 Å². The summed E-state index contributed by atoms with van der Waals surface area (Å²) in [6.07, 6.45) is 11.0. The Hall–Kier alpha value is -0.670. The summed E-state index contributed by atoms with van der Waals surface area (Å²) in [4.78, 5) is 12.0. The van der Waals surface area contributed by atoms with E-state index in [1.165, 1.54) is 19.3 Å². The number of allylic oxidation sites excluding steroid dienone is 2. The standard InChI is InChI=1S/C21H30O3/c1-19-9-7-14(22)11-13(19)3-4-15-16(19)8-10-21-12-24-20(2,23)18(21)6-5-17(15)21/h8,13,15,17-18,23H,3-7,9-12H2,1-2H3/t13-,15-,17+,18-,19+,20+,21-/m0/s1. The summed E-state index contributed by atoms with van der Waals surface area (Å²) in [5, 5.41) is 10.7. The maximum Gasteiger partial charge on any atom is 0.166 e. The lowest BCUT2D eigenvalue weighted by atomic mass is 9.48. The summed E-state index contributed by atoms with van der Waals surface area (Å²) in [5.74, 6) is 1.74. The van der Waals surface area contributed by atoms with Crippen molar-refractivity contribution in [1.82, 2.24) is 0 Å². The first-order valence-electron chi connectivity index (χ1n) is 9.95. The summed E-state index contributed by atoms with van der Waals surface area (Å²) < 4.78 is 5.87. The van der Waals surface area contributed by atoms with Crippen molar-refractivity contribution in [3.05, 3.63) is 11.6 Å². The van der Waals surface area contributed by atoms with Crippen LogP contribution in [0.1, 0.15) is 65.2 Å². The van der Waals surface area contributed by atoms with E-state index in [-0.39, 0.29) is 10.8 Å². The second-order valence-corrected chi connectivity index (χ2v) is 9.72. The quantitative estimate of drug-likeness (QED) is 0.686. The monoisotopic (exact) mass is 330 g/mol. The molecule has 0 bridgehead atoms. The molecule has 5 aliphatic rings. The molecule has 0 aromatic heterocycles. The molecule has 7 atom stereocenters. The molecule has 3 nitrogen and oxygen atoms in total. The number of ketones is 1. The van der Waals surface area contributed by atoms with Crippen LogP contribution in [0.2, 0.25) is 0 Å². The third-order valence-electron chi connectivity index (χ3n) is 8.85. The van der Waals surface area contributed by atoms with E-state index in [0.717, 1.165) is 38.7 Å². The molecule has 0 radical (unpaired) electrons. The number of rotatable bonds is 0. The molecule has 1 aliphatic heterocycles. The minimum atomic E-state index is -0.932. The molecular formula is C21H30O3. The Morgan fingerprint density at radius 2 is 2.04 bits per heavy atom. The number of carbonyl (C=O) groups excluding carboxylic acids is 1. The molecule has 24 heavy (non-hydrogen) atoms. The predicted octanol–water partition coefficient (Wildman–Crippen LogP) is 3.85. The van der Waals surface area contributed by atoms with Gasteiger partial charge < -0.3 is 9.84 Å². The van der Waals surface area contributed by atoms with Crippen LogP contribution in [0.4, 0.5) is 0 Å². The van der Waals surface area contributed by atoms with E-state index in [2.05, 4.69) is 13.0 Å². The lowest BCUT2D eigenvalue weighted by Gasteiger charge is -2.55. The van der Waals surface area contributed by atoms with Crippen LogP contribution in [0.3, 0.4) is 0 Å². The maximum absolute atomic E-state index is 12.0. The lowest BCUT2D eigenvalue weighted by Crippen LogP contribution is -2.49. The Labute approximate surface area is 144 Å². The van der Waals surface area contributed by atoms with Gasteiger partial charge in [-0.1, -0.05) is 18.6 Å². The number of hydrogen-bond donors (Lipinski definition) is 1. The highest BCUT2D eigenvalue weighted by atomic mass is 16.6. The van der Waals surface area contributed by atoms with Gasteiger partial charge in [0, 0.05) is 24.2 Å². The average molecular weight is 330 g/mol. The molecular weight excluding hydrogens is 300 g/mol. The van der Waals surface area contributed by atoms with Gasteiger partial charge in [0.25, 0.3) is 0 Å². The minimum absolute atomic E-state index is 0.172. The van der Waals surface area contributed by atoms with Crippen molar-refractivity contribution in [1.29, 1.82) is 0 Å². The number of Topliss-reactive ketones (excluding diaryl/α,β-unsaturated/α-hetero) is 1. The van der Waals surface area contributed by atoms with Crippen molar-refractivity contribution in [3.63, 3.8) is 0 Å². The van der Waals surface area contributed by atoms with Gasteiger partial charge in [-0.15, -0.1) is 0 Å². The van der Waals surface area contributed by atoms with Crippen molar-refractivity contribution < 1.29 is 14.6 Å². The Bertz CT molecular complexity index is 621. The van der Waals surface area contributed by atoms with Crippen molar-refractivity contribution in [2.45, 2.75) is 71.0 Å². The summed E-state index contributed by atoms with van der Waals surface area (Å²) >= 11 is 0. The number of aliphatic hydroxyl groups is 1. The zero-order valence-corrected chi connectivity index (χ0v) is 15.0. The Balaban J connectivity index is 1.53. The Morgan fingerprint density at radius 3 is 2.88 bits per heavy atom. The SMILES string of the molecule is C[C@@]12CCC(=O)C[C@@H]1CC[C@H]1C2=CC[C@@]23CO[C@@](C)(O)[C@@H]2CC[C@H]13. The van der Waals surface area contributed by atoms with Gasteiger partial charge in [-0.25, -0.2) is 0 Å². The first-order valence-corrected chi connectivity index (χ1v) is 9.95. The van der Waals surface area contributed by atoms with Crippen LogP contribution in [0.25, 0.3) is 0 Å². The van der Waals surface area contributed by atoms with Crippen molar-refractivity contribution >= 4 is 5.78 Å². The van der Waals surface area contributed by atoms with Crippen molar-refractivity contribution in [2.24, 2.45) is 34.5 Å². The van der Waals surface area contributed by atoms with E-state index in [1.807, 2.05) is 6.92 Å². The van der Waals surface area contributed by atoms with Crippen LogP contribution >= 0.6 is 0 Å². The normalized spacial score (nSPS) is 56.1. The number of ether oxygens (including phenoxy) is 1. The zero-order valence-electron chi connectivity index (χ0n) is 15.0. The van der Waals surface area contributed by atoms with E-state index < -0.39 is 5.79 Å². The fourth-order valence-corrected chi connectivity index (χ4v) is 7.59. The van der Waals surface area contributed by atoms with Crippen LogP contribution in [0.5, 0.6) is 0 Å². The minimum Gasteiger partial charge on any atom is -0.365 e. The largest absolute Gasteiger partial charge is 0.365 e. The molecule has 3 saturated carbocycles. The maximum atomic E-state index is 12.0. The Morgan fingerprint density at radius 1 is 1.21 bits per heavy atom. The summed E-state index contributed by atoms with van der Waals surface area (Å²) in [5.41, 5.74) is 2.10. The molecule has 0 aromatic rings. The van der Waals surface area contributed by atoms with Crippen molar-refractivity contribution in [2.75, 3.05) is 6.61 Å². The highest BCUT2D eigenvalue weighted by Gasteiger charge is 2.65. The van der Waals surface area contributed by atoms with Gasteiger partial charge >= 0.3 is 0 Å². The molecule has 1 saturated heterocycles. The van der Waals surface area contributed by atoms with E-state index in [1.54, 1.807) is 5.57 Å². The van der Waals surface area contributed by atoms with Gasteiger partial charge in [0.2, 0.25) is 0 Å². The van der Waals surface area contributed by atoms with Gasteiger partial charge in [0.05, 0.1) is 6.61 Å². The third-order valence-corrected chi connectivity index (χ3v) is 8.85. The molecule has 3 heteroatoms. The smallest absolute Gasteiger partial charge is 0.166 e.